The summed E-state index contributed by atoms with van der Waals surface area (Å²) in [7, 11) is 0. The first kappa shape index (κ1) is 9.53. The molecule has 2 N–H and O–H groups in total. The minimum atomic E-state index is 0.282. The molecule has 0 heterocycles. The van der Waals surface area contributed by atoms with E-state index in [0.717, 1.165) is 11.6 Å². The molecule has 0 saturated heterocycles. The summed E-state index contributed by atoms with van der Waals surface area (Å²) < 4.78 is 0. The van der Waals surface area contributed by atoms with E-state index in [4.69, 9.17) is 17.3 Å². The van der Waals surface area contributed by atoms with Crippen LogP contribution in [0.2, 0.25) is 0 Å². The van der Waals surface area contributed by atoms with Crippen LogP contribution in [-0.2, 0) is 0 Å². The molecule has 0 unspecified atom stereocenters. The lowest BCUT2D eigenvalue weighted by molar-refractivity contribution is 1.13. The second-order valence-corrected chi connectivity index (χ2v) is 3.87. The van der Waals surface area contributed by atoms with E-state index in [1.54, 1.807) is 0 Å². The zero-order valence-electron chi connectivity index (χ0n) is 7.91. The minimum Gasteiger partial charge on any atom is -0.386 e. The van der Waals surface area contributed by atoms with Crippen molar-refractivity contribution in [2.75, 3.05) is 5.88 Å². The molecule has 1 fully saturated rings. The molecular formula is C11H13ClN2. The van der Waals surface area contributed by atoms with Crippen LogP contribution >= 0.6 is 11.6 Å². The lowest BCUT2D eigenvalue weighted by Crippen LogP contribution is -2.12. The predicted octanol–water partition coefficient (Wildman–Crippen LogP) is 2.79. The number of hydrogen-bond donors (Lipinski definition) is 1. The summed E-state index contributed by atoms with van der Waals surface area (Å²) in [6, 6.07) is 8.23. The van der Waals surface area contributed by atoms with Gasteiger partial charge in [0.2, 0.25) is 0 Å². The average Bonchev–Trinajstić information content (AvgIpc) is 3.02. The second kappa shape index (κ2) is 4.01. The number of nitrogens with zero attached hydrogens (tertiary/aromatic N) is 1. The number of alkyl halides is 1. The SMILES string of the molecule is NC(CCl)=Nc1ccc(C2CC2)cc1. The molecular weight excluding hydrogens is 196 g/mol. The number of rotatable bonds is 3. The topological polar surface area (TPSA) is 38.4 Å². The van der Waals surface area contributed by atoms with Crippen LogP contribution in [-0.4, -0.2) is 11.7 Å². The molecule has 2 rings (SSSR count). The highest BCUT2D eigenvalue weighted by atomic mass is 35.5. The van der Waals surface area contributed by atoms with Crippen LogP contribution in [0.25, 0.3) is 0 Å². The van der Waals surface area contributed by atoms with Gasteiger partial charge >= 0.3 is 0 Å². The number of amidine groups is 1. The summed E-state index contributed by atoms with van der Waals surface area (Å²) in [5.74, 6) is 1.54. The molecule has 74 valence electrons. The van der Waals surface area contributed by atoms with Gasteiger partial charge in [0.1, 0.15) is 5.84 Å². The van der Waals surface area contributed by atoms with Gasteiger partial charge in [-0.1, -0.05) is 12.1 Å². The molecule has 1 aromatic rings. The monoisotopic (exact) mass is 208 g/mol. The van der Waals surface area contributed by atoms with Crippen LogP contribution in [0.15, 0.2) is 29.3 Å². The number of nitrogens with two attached hydrogens (primary N) is 1. The van der Waals surface area contributed by atoms with Gasteiger partial charge in [0.15, 0.2) is 0 Å². The van der Waals surface area contributed by atoms with E-state index in [0.29, 0.717) is 5.84 Å². The van der Waals surface area contributed by atoms with Crippen LogP contribution in [0.1, 0.15) is 24.3 Å². The van der Waals surface area contributed by atoms with E-state index in [9.17, 15) is 0 Å². The molecule has 0 atom stereocenters. The first-order chi connectivity index (χ1) is 6.79. The zero-order chi connectivity index (χ0) is 9.97. The smallest absolute Gasteiger partial charge is 0.115 e. The van der Waals surface area contributed by atoms with Gasteiger partial charge in [0, 0.05) is 0 Å². The maximum atomic E-state index is 5.54. The van der Waals surface area contributed by atoms with Gasteiger partial charge in [-0.3, -0.25) is 0 Å². The predicted molar refractivity (Wildman–Crippen MR) is 60.4 cm³/mol. The van der Waals surface area contributed by atoms with Crippen molar-refractivity contribution in [3.63, 3.8) is 0 Å². The Hall–Kier alpha value is -1.02. The van der Waals surface area contributed by atoms with E-state index < -0.39 is 0 Å². The van der Waals surface area contributed by atoms with Gasteiger partial charge in [0.25, 0.3) is 0 Å². The van der Waals surface area contributed by atoms with E-state index in [1.807, 2.05) is 12.1 Å². The maximum Gasteiger partial charge on any atom is 0.115 e. The molecule has 14 heavy (non-hydrogen) atoms. The highest BCUT2D eigenvalue weighted by Gasteiger charge is 2.22. The summed E-state index contributed by atoms with van der Waals surface area (Å²) in [5, 5.41) is 0. The van der Waals surface area contributed by atoms with Crippen molar-refractivity contribution in [2.45, 2.75) is 18.8 Å². The molecule has 1 aromatic carbocycles. The molecule has 0 aliphatic heterocycles. The van der Waals surface area contributed by atoms with E-state index in [1.165, 1.54) is 18.4 Å². The summed E-state index contributed by atoms with van der Waals surface area (Å²) in [6.45, 7) is 0. The largest absolute Gasteiger partial charge is 0.386 e. The Morgan fingerprint density at radius 2 is 2.00 bits per heavy atom. The summed E-state index contributed by atoms with van der Waals surface area (Å²) >= 11 is 5.54. The third-order valence-electron chi connectivity index (χ3n) is 2.35. The lowest BCUT2D eigenvalue weighted by atomic mass is 10.1. The third-order valence-corrected chi connectivity index (χ3v) is 2.63. The van der Waals surface area contributed by atoms with Crippen LogP contribution in [0, 0.1) is 0 Å². The molecule has 0 aromatic heterocycles. The molecule has 2 nitrogen and oxygen atoms in total. The number of hydrogen-bond acceptors (Lipinski definition) is 1. The van der Waals surface area contributed by atoms with Gasteiger partial charge in [0.05, 0.1) is 11.6 Å². The van der Waals surface area contributed by atoms with Crippen molar-refractivity contribution in [3.8, 4) is 0 Å². The summed E-state index contributed by atoms with van der Waals surface area (Å²) in [5.41, 5.74) is 7.83. The van der Waals surface area contributed by atoms with Crippen LogP contribution < -0.4 is 5.73 Å². The zero-order valence-corrected chi connectivity index (χ0v) is 8.67. The van der Waals surface area contributed by atoms with Crippen molar-refractivity contribution < 1.29 is 0 Å². The lowest BCUT2D eigenvalue weighted by Gasteiger charge is -1.99. The van der Waals surface area contributed by atoms with Gasteiger partial charge in [-0.15, -0.1) is 11.6 Å². The molecule has 3 heteroatoms. The normalized spacial score (nSPS) is 17.1. The standard InChI is InChI=1S/C11H13ClN2/c12-7-11(13)14-10-5-3-9(4-6-10)8-1-2-8/h3-6,8H,1-2,7H2,(H2,13,14). The second-order valence-electron chi connectivity index (χ2n) is 3.60. The fourth-order valence-electron chi connectivity index (χ4n) is 1.43. The molecule has 0 amide bonds. The molecule has 1 aliphatic rings. The highest BCUT2D eigenvalue weighted by Crippen LogP contribution is 2.40. The summed E-state index contributed by atoms with van der Waals surface area (Å²) in [4.78, 5) is 4.16. The quantitative estimate of drug-likeness (QED) is 0.463. The van der Waals surface area contributed by atoms with Crippen molar-refractivity contribution in [1.82, 2.24) is 0 Å². The van der Waals surface area contributed by atoms with E-state index >= 15 is 0 Å². The molecule has 0 bridgehead atoms. The van der Waals surface area contributed by atoms with E-state index in [-0.39, 0.29) is 5.88 Å². The Labute approximate surface area is 88.8 Å². The molecule has 1 aliphatic carbocycles. The van der Waals surface area contributed by atoms with Crippen molar-refractivity contribution in [2.24, 2.45) is 10.7 Å². The number of aliphatic imine (C=N–C) groups is 1. The number of halogens is 1. The Bertz CT molecular complexity index is 339. The highest BCUT2D eigenvalue weighted by molar-refractivity contribution is 6.28. The first-order valence-corrected chi connectivity index (χ1v) is 5.32. The van der Waals surface area contributed by atoms with Crippen LogP contribution in [0.4, 0.5) is 5.69 Å². The van der Waals surface area contributed by atoms with Crippen molar-refractivity contribution >= 4 is 23.1 Å². The summed E-state index contributed by atoms with van der Waals surface area (Å²) in [6.07, 6.45) is 2.65. The van der Waals surface area contributed by atoms with Gasteiger partial charge in [-0.05, 0) is 36.5 Å². The average molecular weight is 209 g/mol. The molecule has 0 radical (unpaired) electrons. The fourth-order valence-corrected chi connectivity index (χ4v) is 1.49. The molecule has 1 saturated carbocycles. The Morgan fingerprint density at radius 3 is 2.50 bits per heavy atom. The fraction of sp³-hybridized carbons (Fsp3) is 0.364. The van der Waals surface area contributed by atoms with Crippen LogP contribution in [0.3, 0.4) is 0 Å². The molecule has 0 spiro atoms. The minimum absolute atomic E-state index is 0.282. The van der Waals surface area contributed by atoms with Crippen LogP contribution in [0.5, 0.6) is 0 Å². The Morgan fingerprint density at radius 1 is 1.36 bits per heavy atom. The van der Waals surface area contributed by atoms with Gasteiger partial charge < -0.3 is 5.73 Å². The van der Waals surface area contributed by atoms with Gasteiger partial charge in [-0.25, -0.2) is 4.99 Å². The first-order valence-electron chi connectivity index (χ1n) is 4.78. The van der Waals surface area contributed by atoms with E-state index in [2.05, 4.69) is 17.1 Å². The Balaban J connectivity index is 2.13. The third kappa shape index (κ3) is 2.26. The number of benzene rings is 1. The van der Waals surface area contributed by atoms with Gasteiger partial charge in [-0.2, -0.15) is 0 Å². The van der Waals surface area contributed by atoms with Crippen molar-refractivity contribution in [3.05, 3.63) is 29.8 Å². The maximum absolute atomic E-state index is 5.54. The Kier molecular flexibility index (Phi) is 2.73. The van der Waals surface area contributed by atoms with Crippen molar-refractivity contribution in [1.29, 1.82) is 0 Å².